The van der Waals surface area contributed by atoms with Crippen LogP contribution < -0.4 is 15.2 Å². The van der Waals surface area contributed by atoms with Crippen LogP contribution in [0.1, 0.15) is 18.1 Å². The van der Waals surface area contributed by atoms with Crippen molar-refractivity contribution in [1.82, 2.24) is 0 Å². The van der Waals surface area contributed by atoms with E-state index in [0.29, 0.717) is 34.9 Å². The first kappa shape index (κ1) is 20.9. The number of ether oxygens (including phenoxy) is 2. The maximum absolute atomic E-state index is 6.30. The lowest BCUT2D eigenvalue weighted by Gasteiger charge is -2.13. The third-order valence-electron chi connectivity index (χ3n) is 3.27. The highest BCUT2D eigenvalue weighted by Crippen LogP contribution is 2.36. The highest BCUT2D eigenvalue weighted by Gasteiger charge is 2.11. The van der Waals surface area contributed by atoms with Gasteiger partial charge in [0.15, 0.2) is 16.7 Å². The minimum absolute atomic E-state index is 0.340. The Morgan fingerprint density at radius 1 is 1.26 bits per heavy atom. The molecule has 0 heterocycles. The number of benzene rings is 2. The molecule has 142 valence electrons. The van der Waals surface area contributed by atoms with Crippen molar-refractivity contribution >= 4 is 34.7 Å². The zero-order valence-corrected chi connectivity index (χ0v) is 16.7. The molecule has 0 bridgehead atoms. The van der Waals surface area contributed by atoms with E-state index in [9.17, 15) is 0 Å². The summed E-state index contributed by atoms with van der Waals surface area (Å²) in [4.78, 5) is 0. The van der Waals surface area contributed by atoms with Gasteiger partial charge in [-0.25, -0.2) is 0 Å². The van der Waals surface area contributed by atoms with Gasteiger partial charge in [-0.2, -0.15) is 5.10 Å². The van der Waals surface area contributed by atoms with Crippen LogP contribution >= 0.6 is 23.4 Å². The smallest absolute Gasteiger partial charge is 0.180 e. The van der Waals surface area contributed by atoms with E-state index in [0.717, 1.165) is 11.3 Å². The Kier molecular flexibility index (Phi) is 8.74. The first-order chi connectivity index (χ1) is 13.1. The summed E-state index contributed by atoms with van der Waals surface area (Å²) in [5, 5.41) is 8.86. The molecule has 27 heavy (non-hydrogen) atoms. The molecule has 0 aliphatic heterocycles. The Balaban J connectivity index is 2.05. The molecule has 2 rings (SSSR count). The molecular formula is C20H22ClN3O2S. The van der Waals surface area contributed by atoms with Crippen molar-refractivity contribution in [1.29, 1.82) is 0 Å². The molecule has 5 nitrogen and oxygen atoms in total. The topological polar surface area (TPSA) is 69.2 Å². The van der Waals surface area contributed by atoms with Gasteiger partial charge in [-0.05, 0) is 24.6 Å². The summed E-state index contributed by atoms with van der Waals surface area (Å²) in [5.41, 5.74) is 7.80. The summed E-state index contributed by atoms with van der Waals surface area (Å²) in [6.45, 7) is 6.35. The number of hydrogen-bond donors (Lipinski definition) is 1. The molecule has 7 heteroatoms. The lowest BCUT2D eigenvalue weighted by Crippen LogP contribution is -2.06. The Morgan fingerprint density at radius 3 is 2.74 bits per heavy atom. The average molecular weight is 404 g/mol. The van der Waals surface area contributed by atoms with Crippen LogP contribution in [0.15, 0.2) is 65.3 Å². The quantitative estimate of drug-likeness (QED) is 0.280. The highest BCUT2D eigenvalue weighted by atomic mass is 35.5. The fourth-order valence-corrected chi connectivity index (χ4v) is 3.01. The van der Waals surface area contributed by atoms with E-state index in [1.165, 1.54) is 17.3 Å². The predicted molar refractivity (Wildman–Crippen MR) is 115 cm³/mol. The first-order valence-corrected chi connectivity index (χ1v) is 9.73. The third kappa shape index (κ3) is 7.00. The maximum atomic E-state index is 6.30. The van der Waals surface area contributed by atoms with E-state index in [-0.39, 0.29) is 0 Å². The molecule has 0 saturated heterocycles. The van der Waals surface area contributed by atoms with Crippen molar-refractivity contribution in [2.75, 3.05) is 13.2 Å². The second-order valence-corrected chi connectivity index (χ2v) is 6.72. The van der Waals surface area contributed by atoms with Gasteiger partial charge < -0.3 is 15.2 Å². The second-order valence-electron chi connectivity index (χ2n) is 5.32. The lowest BCUT2D eigenvalue weighted by atomic mass is 10.2. The van der Waals surface area contributed by atoms with Crippen LogP contribution in [0.25, 0.3) is 0 Å². The number of hydrogen-bond acceptors (Lipinski definition) is 5. The van der Waals surface area contributed by atoms with Crippen molar-refractivity contribution in [2.24, 2.45) is 15.9 Å². The van der Waals surface area contributed by atoms with E-state index < -0.39 is 0 Å². The molecule has 0 amide bonds. The molecule has 0 aromatic heterocycles. The van der Waals surface area contributed by atoms with Gasteiger partial charge in [-0.3, -0.25) is 0 Å². The van der Waals surface area contributed by atoms with Crippen LogP contribution in [0, 0.1) is 0 Å². The number of thioether (sulfide) groups is 1. The standard InChI is InChI=1S/C20H22ClN3O2S/c1-3-10-26-19-17(21)11-16(12-18(19)25-4-2)13-23-24-20(22)27-14-15-8-6-5-7-9-15/h3,5-9,11-13H,1,4,10,14H2,2H3,(H2,22,24). The van der Waals surface area contributed by atoms with Gasteiger partial charge in [0.1, 0.15) is 6.61 Å². The zero-order chi connectivity index (χ0) is 19.5. The van der Waals surface area contributed by atoms with E-state index in [1.54, 1.807) is 24.4 Å². The van der Waals surface area contributed by atoms with Crippen LogP contribution in [-0.4, -0.2) is 24.6 Å². The van der Waals surface area contributed by atoms with E-state index in [1.807, 2.05) is 37.3 Å². The summed E-state index contributed by atoms with van der Waals surface area (Å²) in [6, 6.07) is 13.6. The highest BCUT2D eigenvalue weighted by molar-refractivity contribution is 8.13. The number of nitrogens with zero attached hydrogens (tertiary/aromatic N) is 2. The minimum atomic E-state index is 0.340. The number of nitrogens with two attached hydrogens (primary N) is 1. The van der Waals surface area contributed by atoms with Crippen LogP contribution in [-0.2, 0) is 5.75 Å². The summed E-state index contributed by atoms with van der Waals surface area (Å²) >= 11 is 7.72. The average Bonchev–Trinajstić information content (AvgIpc) is 2.67. The molecule has 0 unspecified atom stereocenters. The summed E-state index contributed by atoms with van der Waals surface area (Å²) in [7, 11) is 0. The zero-order valence-electron chi connectivity index (χ0n) is 15.1. The molecule has 0 fully saturated rings. The van der Waals surface area contributed by atoms with Gasteiger partial charge in [0.2, 0.25) is 0 Å². The third-order valence-corrected chi connectivity index (χ3v) is 4.41. The van der Waals surface area contributed by atoms with Crippen molar-refractivity contribution < 1.29 is 9.47 Å². The molecule has 2 N–H and O–H groups in total. The molecule has 0 saturated carbocycles. The molecule has 0 aliphatic carbocycles. The Bertz CT molecular complexity index is 810. The largest absolute Gasteiger partial charge is 0.490 e. The van der Waals surface area contributed by atoms with Gasteiger partial charge in [0, 0.05) is 11.3 Å². The van der Waals surface area contributed by atoms with Crippen molar-refractivity contribution in [3.05, 3.63) is 71.3 Å². The normalized spacial score (nSPS) is 11.6. The second kappa shape index (κ2) is 11.3. The van der Waals surface area contributed by atoms with Crippen LogP contribution in [0.5, 0.6) is 11.5 Å². The van der Waals surface area contributed by atoms with Gasteiger partial charge >= 0.3 is 0 Å². The molecule has 2 aromatic carbocycles. The summed E-state index contributed by atoms with van der Waals surface area (Å²) in [6.07, 6.45) is 3.22. The van der Waals surface area contributed by atoms with Crippen molar-refractivity contribution in [2.45, 2.75) is 12.7 Å². The van der Waals surface area contributed by atoms with Gasteiger partial charge in [-0.15, -0.1) is 5.10 Å². The van der Waals surface area contributed by atoms with Crippen LogP contribution in [0.2, 0.25) is 5.02 Å². The molecular weight excluding hydrogens is 382 g/mol. The monoisotopic (exact) mass is 403 g/mol. The SMILES string of the molecule is C=CCOc1c(Cl)cc(C=NN=C(N)SCc2ccccc2)cc1OCC. The fourth-order valence-electron chi connectivity index (χ4n) is 2.12. The summed E-state index contributed by atoms with van der Waals surface area (Å²) in [5.74, 6) is 1.77. The molecule has 0 radical (unpaired) electrons. The number of amidine groups is 1. The fraction of sp³-hybridized carbons (Fsp3) is 0.200. The van der Waals surface area contributed by atoms with E-state index in [4.69, 9.17) is 26.8 Å². The molecule has 0 spiro atoms. The van der Waals surface area contributed by atoms with Gasteiger partial charge in [0.25, 0.3) is 0 Å². The van der Waals surface area contributed by atoms with Crippen molar-refractivity contribution in [3.8, 4) is 11.5 Å². The van der Waals surface area contributed by atoms with Crippen molar-refractivity contribution in [3.63, 3.8) is 0 Å². The maximum Gasteiger partial charge on any atom is 0.180 e. The number of halogens is 1. The minimum Gasteiger partial charge on any atom is -0.490 e. The molecule has 0 aliphatic rings. The van der Waals surface area contributed by atoms with E-state index in [2.05, 4.69) is 16.8 Å². The van der Waals surface area contributed by atoms with Crippen LogP contribution in [0.4, 0.5) is 0 Å². The molecule has 2 aromatic rings. The predicted octanol–water partition coefficient (Wildman–Crippen LogP) is 4.89. The number of rotatable bonds is 9. The molecule has 0 atom stereocenters. The Hall–Kier alpha value is -2.44. The van der Waals surface area contributed by atoms with Gasteiger partial charge in [-0.1, -0.05) is 66.3 Å². The van der Waals surface area contributed by atoms with E-state index >= 15 is 0 Å². The van der Waals surface area contributed by atoms with Gasteiger partial charge in [0.05, 0.1) is 17.8 Å². The first-order valence-electron chi connectivity index (χ1n) is 8.37. The lowest BCUT2D eigenvalue weighted by molar-refractivity contribution is 0.297. The summed E-state index contributed by atoms with van der Waals surface area (Å²) < 4.78 is 11.2. The Labute approximate surface area is 168 Å². The van der Waals surface area contributed by atoms with Crippen LogP contribution in [0.3, 0.4) is 0 Å². The Morgan fingerprint density at radius 2 is 2.04 bits per heavy atom.